The van der Waals surface area contributed by atoms with Crippen molar-refractivity contribution >= 4 is 17.9 Å². The van der Waals surface area contributed by atoms with Crippen molar-refractivity contribution in [3.05, 3.63) is 48.6 Å². The zero-order chi connectivity index (χ0) is 57.1. The topological polar surface area (TPSA) is 78.9 Å². The number of hydrogen-bond acceptors (Lipinski definition) is 6. The molecule has 0 rings (SSSR count). The Labute approximate surface area is 492 Å². The monoisotopic (exact) mass is 1110 g/mol. The fourth-order valence-electron chi connectivity index (χ4n) is 10.5. The molecule has 462 valence electrons. The smallest absolute Gasteiger partial charge is 0.306 e. The summed E-state index contributed by atoms with van der Waals surface area (Å²) in [5.74, 6) is -0.871. The molecular formula is C73H134O6. The van der Waals surface area contributed by atoms with Crippen molar-refractivity contribution < 1.29 is 28.6 Å². The molecule has 0 N–H and O–H groups in total. The van der Waals surface area contributed by atoms with E-state index in [0.29, 0.717) is 19.3 Å². The Balaban J connectivity index is 4.22. The second kappa shape index (κ2) is 67.9. The van der Waals surface area contributed by atoms with E-state index in [1.54, 1.807) is 0 Å². The van der Waals surface area contributed by atoms with E-state index in [0.717, 1.165) is 89.9 Å². The van der Waals surface area contributed by atoms with Gasteiger partial charge in [0.25, 0.3) is 0 Å². The zero-order valence-electron chi connectivity index (χ0n) is 53.2. The van der Waals surface area contributed by atoms with E-state index in [9.17, 15) is 14.4 Å². The van der Waals surface area contributed by atoms with Gasteiger partial charge in [0.1, 0.15) is 13.2 Å². The lowest BCUT2D eigenvalue weighted by atomic mass is 10.0. The second-order valence-corrected chi connectivity index (χ2v) is 23.8. The van der Waals surface area contributed by atoms with Crippen molar-refractivity contribution in [1.29, 1.82) is 0 Å². The molecule has 0 aliphatic heterocycles. The summed E-state index contributed by atoms with van der Waals surface area (Å²) in [4.78, 5) is 38.4. The van der Waals surface area contributed by atoms with E-state index in [4.69, 9.17) is 14.2 Å². The number of carbonyl (C=O) groups excluding carboxylic acids is 3. The third-order valence-electron chi connectivity index (χ3n) is 15.8. The fraction of sp³-hybridized carbons (Fsp3) is 0.849. The largest absolute Gasteiger partial charge is 0.462 e. The molecule has 1 unspecified atom stereocenters. The molecular weight excluding hydrogens is 973 g/mol. The Hall–Kier alpha value is -2.63. The predicted molar refractivity (Wildman–Crippen MR) is 344 cm³/mol. The molecule has 0 saturated carbocycles. The lowest BCUT2D eigenvalue weighted by Crippen LogP contribution is -2.30. The summed E-state index contributed by atoms with van der Waals surface area (Å²) in [6.45, 7) is 6.62. The van der Waals surface area contributed by atoms with E-state index >= 15 is 0 Å². The van der Waals surface area contributed by atoms with Crippen LogP contribution in [-0.4, -0.2) is 37.2 Å². The minimum atomic E-state index is -0.781. The van der Waals surface area contributed by atoms with Gasteiger partial charge in [0.05, 0.1) is 0 Å². The van der Waals surface area contributed by atoms with Crippen LogP contribution in [0.15, 0.2) is 48.6 Å². The molecule has 6 heteroatoms. The summed E-state index contributed by atoms with van der Waals surface area (Å²) < 4.78 is 17.0. The van der Waals surface area contributed by atoms with Gasteiger partial charge in [-0.3, -0.25) is 14.4 Å². The number of rotatable bonds is 65. The second-order valence-electron chi connectivity index (χ2n) is 23.8. The lowest BCUT2D eigenvalue weighted by Gasteiger charge is -2.18. The van der Waals surface area contributed by atoms with E-state index in [1.807, 2.05) is 0 Å². The molecule has 0 fully saturated rings. The Morgan fingerprint density at radius 1 is 0.253 bits per heavy atom. The highest BCUT2D eigenvalue weighted by Crippen LogP contribution is 2.18. The number of hydrogen-bond donors (Lipinski definition) is 0. The third-order valence-corrected chi connectivity index (χ3v) is 15.8. The van der Waals surface area contributed by atoms with Crippen molar-refractivity contribution in [2.75, 3.05) is 13.2 Å². The third kappa shape index (κ3) is 66.1. The summed E-state index contributed by atoms with van der Waals surface area (Å²) in [6, 6.07) is 0. The van der Waals surface area contributed by atoms with E-state index in [2.05, 4.69) is 69.4 Å². The zero-order valence-corrected chi connectivity index (χ0v) is 53.2. The van der Waals surface area contributed by atoms with Crippen LogP contribution in [0.5, 0.6) is 0 Å². The van der Waals surface area contributed by atoms with Crippen LogP contribution >= 0.6 is 0 Å². The molecule has 0 aromatic heterocycles. The van der Waals surface area contributed by atoms with Gasteiger partial charge in [0, 0.05) is 19.3 Å². The SMILES string of the molecule is CCC/C=C\C/C=C\CCCCCCCC(=O)OCC(COC(=O)CCCCCCCCCCCCCCCCCCCCCCCCCCCCC)OC(=O)CCCCCCCCCCC/C=C\C/C=C\CCCCCCC. The molecule has 0 heterocycles. The van der Waals surface area contributed by atoms with Crippen LogP contribution in [0, 0.1) is 0 Å². The summed E-state index contributed by atoms with van der Waals surface area (Å²) in [7, 11) is 0. The molecule has 0 aliphatic carbocycles. The van der Waals surface area contributed by atoms with Crippen molar-refractivity contribution in [3.8, 4) is 0 Å². The van der Waals surface area contributed by atoms with Crippen LogP contribution < -0.4 is 0 Å². The number of ether oxygens (including phenoxy) is 3. The Bertz CT molecular complexity index is 1360. The van der Waals surface area contributed by atoms with Gasteiger partial charge in [-0.1, -0.05) is 333 Å². The first kappa shape index (κ1) is 76.4. The van der Waals surface area contributed by atoms with Gasteiger partial charge in [-0.2, -0.15) is 0 Å². The summed E-state index contributed by atoms with van der Waals surface area (Å²) >= 11 is 0. The maximum absolute atomic E-state index is 12.9. The molecule has 1 atom stereocenters. The molecule has 0 saturated heterocycles. The molecule has 0 aromatic carbocycles. The summed E-state index contributed by atoms with van der Waals surface area (Å²) in [5, 5.41) is 0. The first-order chi connectivity index (χ1) is 39.0. The number of allylic oxidation sites excluding steroid dienone is 8. The van der Waals surface area contributed by atoms with Crippen LogP contribution in [-0.2, 0) is 28.6 Å². The molecule has 0 bridgehead atoms. The number of carbonyl (C=O) groups is 3. The highest BCUT2D eigenvalue weighted by molar-refractivity contribution is 5.71. The minimum absolute atomic E-state index is 0.0756. The maximum atomic E-state index is 12.9. The molecule has 0 aliphatic rings. The van der Waals surface area contributed by atoms with Gasteiger partial charge in [-0.05, 0) is 77.0 Å². The fourth-order valence-corrected chi connectivity index (χ4v) is 10.5. The van der Waals surface area contributed by atoms with E-state index in [1.165, 1.54) is 250 Å². The molecule has 6 nitrogen and oxygen atoms in total. The van der Waals surface area contributed by atoms with Crippen LogP contribution in [0.3, 0.4) is 0 Å². The highest BCUT2D eigenvalue weighted by atomic mass is 16.6. The van der Waals surface area contributed by atoms with Gasteiger partial charge in [0.15, 0.2) is 6.10 Å². The number of unbranched alkanes of at least 4 members (excludes halogenated alkanes) is 46. The lowest BCUT2D eigenvalue weighted by molar-refractivity contribution is -0.167. The van der Waals surface area contributed by atoms with Crippen molar-refractivity contribution in [2.45, 2.75) is 386 Å². The first-order valence-corrected chi connectivity index (χ1v) is 35.1. The average Bonchev–Trinajstić information content (AvgIpc) is 3.45. The van der Waals surface area contributed by atoms with Crippen LogP contribution in [0.2, 0.25) is 0 Å². The Kier molecular flexibility index (Phi) is 65.6. The van der Waals surface area contributed by atoms with Crippen molar-refractivity contribution in [3.63, 3.8) is 0 Å². The molecule has 0 radical (unpaired) electrons. The first-order valence-electron chi connectivity index (χ1n) is 35.1. The minimum Gasteiger partial charge on any atom is -0.462 e. The average molecular weight is 1110 g/mol. The number of esters is 3. The Morgan fingerprint density at radius 3 is 0.747 bits per heavy atom. The quantitative estimate of drug-likeness (QED) is 0.0261. The molecule has 0 aromatic rings. The van der Waals surface area contributed by atoms with E-state index in [-0.39, 0.29) is 31.1 Å². The summed E-state index contributed by atoms with van der Waals surface area (Å²) in [5.41, 5.74) is 0. The van der Waals surface area contributed by atoms with Gasteiger partial charge >= 0.3 is 17.9 Å². The van der Waals surface area contributed by atoms with Gasteiger partial charge < -0.3 is 14.2 Å². The Morgan fingerprint density at radius 2 is 0.481 bits per heavy atom. The van der Waals surface area contributed by atoms with E-state index < -0.39 is 6.10 Å². The highest BCUT2D eigenvalue weighted by Gasteiger charge is 2.19. The standard InChI is InChI=1S/C73H134O6/c1-4-7-10-13-16-19-22-25-27-29-31-33-34-35-36-37-38-40-41-43-45-48-51-54-57-60-63-66-72(75)78-69-70(68-77-71(74)65-62-59-56-53-50-47-24-21-18-15-12-9-6-3)79-73(76)67-64-61-58-55-52-49-46-44-42-39-32-30-28-26-23-20-17-14-11-8-5-2/h12,15,21,23-24,26,30,32,70H,4-11,13-14,16-20,22,25,27-29,31,33-69H2,1-3H3/b15-12-,24-21-,26-23-,32-30-. The molecule has 79 heavy (non-hydrogen) atoms. The van der Waals surface area contributed by atoms with Crippen LogP contribution in [0.4, 0.5) is 0 Å². The van der Waals surface area contributed by atoms with Crippen molar-refractivity contribution in [2.24, 2.45) is 0 Å². The van der Waals surface area contributed by atoms with Gasteiger partial charge in [0.2, 0.25) is 0 Å². The van der Waals surface area contributed by atoms with Gasteiger partial charge in [-0.25, -0.2) is 0 Å². The normalized spacial score (nSPS) is 12.3. The van der Waals surface area contributed by atoms with Crippen molar-refractivity contribution in [1.82, 2.24) is 0 Å². The molecule has 0 amide bonds. The van der Waals surface area contributed by atoms with Gasteiger partial charge in [-0.15, -0.1) is 0 Å². The molecule has 0 spiro atoms. The van der Waals surface area contributed by atoms with Crippen LogP contribution in [0.25, 0.3) is 0 Å². The summed E-state index contributed by atoms with van der Waals surface area (Å²) in [6.07, 6.45) is 85.7. The predicted octanol–water partition coefficient (Wildman–Crippen LogP) is 24.1. The van der Waals surface area contributed by atoms with Crippen LogP contribution in [0.1, 0.15) is 380 Å². The maximum Gasteiger partial charge on any atom is 0.306 e.